The van der Waals surface area contributed by atoms with Crippen LogP contribution in [0.1, 0.15) is 30.1 Å². The minimum atomic E-state index is -1.44. The lowest BCUT2D eigenvalue weighted by molar-refractivity contribution is -0.117. The first-order chi connectivity index (χ1) is 8.47. The van der Waals surface area contributed by atoms with Gasteiger partial charge in [-0.2, -0.15) is 0 Å². The van der Waals surface area contributed by atoms with E-state index in [0.717, 1.165) is 12.5 Å². The van der Waals surface area contributed by atoms with E-state index in [4.69, 9.17) is 10.8 Å². The highest BCUT2D eigenvalue weighted by atomic mass is 19.1. The van der Waals surface area contributed by atoms with Crippen molar-refractivity contribution in [3.8, 4) is 0 Å². The highest BCUT2D eigenvalue weighted by Crippen LogP contribution is 2.19. The fraction of sp³-hybridized carbons (Fsp3) is 0.333. The third kappa shape index (κ3) is 3.27. The highest BCUT2D eigenvalue weighted by Gasteiger charge is 2.19. The summed E-state index contributed by atoms with van der Waals surface area (Å²) in [4.78, 5) is 22.5. The molecule has 18 heavy (non-hydrogen) atoms. The molecule has 1 amide bonds. The second-order valence-corrected chi connectivity index (χ2v) is 3.85. The quantitative estimate of drug-likeness (QED) is 0.744. The Labute approximate surface area is 104 Å². The smallest absolute Gasteiger partial charge is 0.340 e. The lowest BCUT2D eigenvalue weighted by Crippen LogP contribution is -2.35. The molecule has 0 spiro atoms. The van der Waals surface area contributed by atoms with E-state index < -0.39 is 29.3 Å². The van der Waals surface area contributed by atoms with Crippen LogP contribution in [0, 0.1) is 5.82 Å². The number of benzene rings is 1. The fourth-order valence-electron chi connectivity index (χ4n) is 1.51. The molecule has 4 N–H and O–H groups in total. The Morgan fingerprint density at radius 2 is 2.17 bits per heavy atom. The lowest BCUT2D eigenvalue weighted by atomic mass is 10.1. The molecule has 0 fully saturated rings. The Morgan fingerprint density at radius 3 is 2.72 bits per heavy atom. The minimum Gasteiger partial charge on any atom is -0.478 e. The standard InChI is InChI=1S/C12H15FN2O3/c1-2-4-8(14)11(16)15-9-6-3-5-7(13)10(9)12(17)18/h3,5-6,8H,2,4,14H2,1H3,(H,15,16)(H,17,18). The van der Waals surface area contributed by atoms with E-state index in [1.165, 1.54) is 12.1 Å². The first-order valence-electron chi connectivity index (χ1n) is 5.55. The van der Waals surface area contributed by atoms with Crippen LogP contribution in [0.5, 0.6) is 0 Å². The summed E-state index contributed by atoms with van der Waals surface area (Å²) in [6.07, 6.45) is 1.20. The second kappa shape index (κ2) is 6.11. The highest BCUT2D eigenvalue weighted by molar-refractivity contribution is 6.02. The van der Waals surface area contributed by atoms with Crippen LogP contribution in [-0.2, 0) is 4.79 Å². The first kappa shape index (κ1) is 14.1. The molecule has 0 saturated carbocycles. The Kier molecular flexibility index (Phi) is 4.79. The van der Waals surface area contributed by atoms with Gasteiger partial charge in [-0.25, -0.2) is 9.18 Å². The number of carbonyl (C=O) groups excluding carboxylic acids is 1. The number of amides is 1. The van der Waals surface area contributed by atoms with E-state index in [2.05, 4.69) is 5.32 Å². The van der Waals surface area contributed by atoms with Crippen LogP contribution < -0.4 is 11.1 Å². The molecule has 98 valence electrons. The maximum atomic E-state index is 13.3. The van der Waals surface area contributed by atoms with Gasteiger partial charge in [0.25, 0.3) is 0 Å². The van der Waals surface area contributed by atoms with Crippen molar-refractivity contribution < 1.29 is 19.1 Å². The molecule has 1 aromatic rings. The maximum Gasteiger partial charge on any atom is 0.340 e. The summed E-state index contributed by atoms with van der Waals surface area (Å²) in [6, 6.07) is 2.93. The van der Waals surface area contributed by atoms with Crippen LogP contribution in [0.4, 0.5) is 10.1 Å². The molecule has 1 aromatic carbocycles. The topological polar surface area (TPSA) is 92.4 Å². The van der Waals surface area contributed by atoms with Crippen LogP contribution in [0.25, 0.3) is 0 Å². The number of halogens is 1. The van der Waals surface area contributed by atoms with Crippen molar-refractivity contribution in [2.45, 2.75) is 25.8 Å². The summed E-state index contributed by atoms with van der Waals surface area (Å²) in [7, 11) is 0. The van der Waals surface area contributed by atoms with Crippen LogP contribution >= 0.6 is 0 Å². The minimum absolute atomic E-state index is 0.0842. The molecule has 0 radical (unpaired) electrons. The zero-order valence-electron chi connectivity index (χ0n) is 9.94. The van der Waals surface area contributed by atoms with Gasteiger partial charge in [0.15, 0.2) is 0 Å². The first-order valence-corrected chi connectivity index (χ1v) is 5.55. The zero-order valence-corrected chi connectivity index (χ0v) is 9.94. The number of carboxylic acid groups (broad SMARTS) is 1. The molecule has 5 nitrogen and oxygen atoms in total. The monoisotopic (exact) mass is 254 g/mol. The molecule has 0 aliphatic rings. The Balaban J connectivity index is 2.94. The summed E-state index contributed by atoms with van der Waals surface area (Å²) in [5.41, 5.74) is 4.94. The van der Waals surface area contributed by atoms with Gasteiger partial charge in [-0.1, -0.05) is 19.4 Å². The van der Waals surface area contributed by atoms with Crippen molar-refractivity contribution in [2.24, 2.45) is 5.73 Å². The van der Waals surface area contributed by atoms with Gasteiger partial charge in [0.05, 0.1) is 11.7 Å². The van der Waals surface area contributed by atoms with Crippen molar-refractivity contribution in [2.75, 3.05) is 5.32 Å². The number of hydrogen-bond donors (Lipinski definition) is 3. The SMILES string of the molecule is CCCC(N)C(=O)Nc1cccc(F)c1C(=O)O. The number of rotatable bonds is 5. The van der Waals surface area contributed by atoms with Gasteiger partial charge < -0.3 is 16.2 Å². The van der Waals surface area contributed by atoms with E-state index in [1.54, 1.807) is 0 Å². The molecule has 6 heteroatoms. The van der Waals surface area contributed by atoms with E-state index >= 15 is 0 Å². The average Bonchev–Trinajstić information content (AvgIpc) is 2.28. The number of nitrogens with one attached hydrogen (secondary N) is 1. The Hall–Kier alpha value is -1.95. The molecule has 0 aromatic heterocycles. The number of hydrogen-bond acceptors (Lipinski definition) is 3. The molecule has 0 heterocycles. The lowest BCUT2D eigenvalue weighted by Gasteiger charge is -2.13. The van der Waals surface area contributed by atoms with Gasteiger partial charge in [0.1, 0.15) is 11.4 Å². The number of nitrogens with two attached hydrogens (primary N) is 1. The van der Waals surface area contributed by atoms with E-state index in [9.17, 15) is 14.0 Å². The summed E-state index contributed by atoms with van der Waals surface area (Å²) < 4.78 is 13.3. The zero-order chi connectivity index (χ0) is 13.7. The predicted molar refractivity (Wildman–Crippen MR) is 64.9 cm³/mol. The molecule has 0 bridgehead atoms. The largest absolute Gasteiger partial charge is 0.478 e. The number of carboxylic acids is 1. The van der Waals surface area contributed by atoms with Crippen molar-refractivity contribution in [3.05, 3.63) is 29.6 Å². The third-order valence-electron chi connectivity index (χ3n) is 2.42. The second-order valence-electron chi connectivity index (χ2n) is 3.85. The molecular formula is C12H15FN2O3. The fourth-order valence-corrected chi connectivity index (χ4v) is 1.51. The van der Waals surface area contributed by atoms with Gasteiger partial charge in [-0.05, 0) is 18.6 Å². The molecule has 0 aliphatic heterocycles. The van der Waals surface area contributed by atoms with Crippen molar-refractivity contribution in [1.82, 2.24) is 0 Å². The third-order valence-corrected chi connectivity index (χ3v) is 2.42. The van der Waals surface area contributed by atoms with Crippen molar-refractivity contribution >= 4 is 17.6 Å². The summed E-state index contributed by atoms with van der Waals surface area (Å²) in [6.45, 7) is 1.87. The van der Waals surface area contributed by atoms with Gasteiger partial charge in [-0.15, -0.1) is 0 Å². The van der Waals surface area contributed by atoms with Crippen molar-refractivity contribution in [1.29, 1.82) is 0 Å². The number of aromatic carboxylic acids is 1. The number of anilines is 1. The van der Waals surface area contributed by atoms with Gasteiger partial charge in [0.2, 0.25) is 5.91 Å². The van der Waals surface area contributed by atoms with Crippen LogP contribution in [0.3, 0.4) is 0 Å². The summed E-state index contributed by atoms with van der Waals surface area (Å²) in [5.74, 6) is -2.86. The van der Waals surface area contributed by atoms with E-state index in [-0.39, 0.29) is 5.69 Å². The Bertz CT molecular complexity index is 463. The molecule has 1 unspecified atom stereocenters. The Morgan fingerprint density at radius 1 is 1.50 bits per heavy atom. The van der Waals surface area contributed by atoms with Gasteiger partial charge >= 0.3 is 5.97 Å². The molecule has 0 aliphatic carbocycles. The summed E-state index contributed by atoms with van der Waals surface area (Å²) >= 11 is 0. The van der Waals surface area contributed by atoms with E-state index in [0.29, 0.717) is 6.42 Å². The average molecular weight is 254 g/mol. The van der Waals surface area contributed by atoms with E-state index in [1.807, 2.05) is 6.92 Å². The van der Waals surface area contributed by atoms with Crippen LogP contribution in [0.2, 0.25) is 0 Å². The van der Waals surface area contributed by atoms with Crippen molar-refractivity contribution in [3.63, 3.8) is 0 Å². The maximum absolute atomic E-state index is 13.3. The van der Waals surface area contributed by atoms with Gasteiger partial charge in [-0.3, -0.25) is 4.79 Å². The normalized spacial score (nSPS) is 11.9. The number of carbonyl (C=O) groups is 2. The molecule has 1 rings (SSSR count). The molecule has 0 saturated heterocycles. The molecule has 1 atom stereocenters. The van der Waals surface area contributed by atoms with Gasteiger partial charge in [0, 0.05) is 0 Å². The van der Waals surface area contributed by atoms with Crippen LogP contribution in [0.15, 0.2) is 18.2 Å². The van der Waals surface area contributed by atoms with Crippen LogP contribution in [-0.4, -0.2) is 23.0 Å². The predicted octanol–water partition coefficient (Wildman–Crippen LogP) is 1.59. The molecular weight excluding hydrogens is 239 g/mol. The summed E-state index contributed by atoms with van der Waals surface area (Å²) in [5, 5.41) is 11.2.